The third kappa shape index (κ3) is 11.2. The zero-order chi connectivity index (χ0) is 35.4. The lowest BCUT2D eigenvalue weighted by Gasteiger charge is -2.38. The number of sulfonamides is 1. The van der Waals surface area contributed by atoms with E-state index >= 15 is 0 Å². The number of benzene rings is 2. The number of rotatable bonds is 18. The summed E-state index contributed by atoms with van der Waals surface area (Å²) in [5.74, 6) is -0.172. The fourth-order valence-electron chi connectivity index (χ4n) is 6.71. The molecule has 2 aromatic carbocycles. The summed E-state index contributed by atoms with van der Waals surface area (Å²) in [5, 5.41) is 15.9. The Kier molecular flexibility index (Phi) is 14.4. The normalized spacial score (nSPS) is 17.4. The van der Waals surface area contributed by atoms with Crippen molar-refractivity contribution in [2.45, 2.75) is 69.9 Å². The lowest BCUT2D eigenvalue weighted by atomic mass is 9.97. The van der Waals surface area contributed by atoms with E-state index in [0.29, 0.717) is 44.5 Å². The Bertz CT molecular complexity index is 1490. The molecular formula is C37H54N6O5S. The number of piperidine rings is 1. The number of amides is 1. The second-order valence-corrected chi connectivity index (χ2v) is 15.7. The van der Waals surface area contributed by atoms with E-state index in [1.165, 1.54) is 10.4 Å². The highest BCUT2D eigenvalue weighted by molar-refractivity contribution is 7.93. The molecule has 11 nitrogen and oxygen atoms in total. The lowest BCUT2D eigenvalue weighted by Crippen LogP contribution is -2.53. The maximum absolute atomic E-state index is 14.3. The molecule has 1 saturated heterocycles. The van der Waals surface area contributed by atoms with Gasteiger partial charge < -0.3 is 20.0 Å². The van der Waals surface area contributed by atoms with Crippen LogP contribution in [0.1, 0.15) is 56.1 Å². The first-order valence-electron chi connectivity index (χ1n) is 17.5. The number of hydrogen-bond donors (Lipinski definition) is 1. The molecule has 1 atom stereocenters. The van der Waals surface area contributed by atoms with Crippen LogP contribution in [0.15, 0.2) is 83.0 Å². The van der Waals surface area contributed by atoms with Crippen molar-refractivity contribution in [3.05, 3.63) is 104 Å². The minimum absolute atomic E-state index is 0.00103. The van der Waals surface area contributed by atoms with E-state index in [-0.39, 0.29) is 41.9 Å². The summed E-state index contributed by atoms with van der Waals surface area (Å²) in [4.78, 5) is 32.0. The number of nitro groups is 1. The molecule has 12 heteroatoms. The maximum atomic E-state index is 14.3. The molecule has 1 unspecified atom stereocenters. The molecule has 1 N–H and O–H groups in total. The summed E-state index contributed by atoms with van der Waals surface area (Å²) in [6.45, 7) is 2.96. The van der Waals surface area contributed by atoms with Crippen LogP contribution in [-0.4, -0.2) is 111 Å². The summed E-state index contributed by atoms with van der Waals surface area (Å²) in [5.41, 5.74) is 2.41. The number of nitrogens with zero attached hydrogens (tertiary/aromatic N) is 5. The van der Waals surface area contributed by atoms with Crippen molar-refractivity contribution in [3.63, 3.8) is 0 Å². The van der Waals surface area contributed by atoms with Crippen LogP contribution >= 0.6 is 0 Å². The van der Waals surface area contributed by atoms with Crippen LogP contribution in [0.25, 0.3) is 0 Å². The number of hydrogen-bond acceptors (Lipinski definition) is 8. The molecule has 2 aromatic rings. The first-order chi connectivity index (χ1) is 23.5. The fraction of sp³-hybridized carbons (Fsp3) is 0.541. The van der Waals surface area contributed by atoms with Gasteiger partial charge in [0.05, 0.1) is 15.5 Å². The van der Waals surface area contributed by atoms with Crippen LogP contribution < -0.4 is 5.32 Å². The molecule has 4 rings (SSSR count). The molecule has 0 radical (unpaired) electrons. The van der Waals surface area contributed by atoms with Crippen molar-refractivity contribution >= 4 is 15.9 Å². The van der Waals surface area contributed by atoms with Crippen molar-refractivity contribution in [1.29, 1.82) is 0 Å². The van der Waals surface area contributed by atoms with Gasteiger partial charge in [-0.15, -0.1) is 0 Å². The molecule has 1 aliphatic carbocycles. The van der Waals surface area contributed by atoms with Gasteiger partial charge in [-0.3, -0.25) is 14.9 Å². The van der Waals surface area contributed by atoms with Gasteiger partial charge in [-0.25, -0.2) is 8.42 Å². The van der Waals surface area contributed by atoms with Gasteiger partial charge in [0, 0.05) is 31.8 Å². The van der Waals surface area contributed by atoms with Crippen LogP contribution in [0, 0.1) is 10.1 Å². The molecule has 2 aliphatic rings. The Morgan fingerprint density at radius 3 is 1.94 bits per heavy atom. The van der Waals surface area contributed by atoms with Gasteiger partial charge in [0.1, 0.15) is 6.04 Å². The third-order valence-electron chi connectivity index (χ3n) is 9.21. The molecule has 1 heterocycles. The van der Waals surface area contributed by atoms with Crippen molar-refractivity contribution in [2.75, 3.05) is 60.9 Å². The molecule has 0 spiro atoms. The van der Waals surface area contributed by atoms with Crippen LogP contribution in [0.2, 0.25) is 0 Å². The maximum Gasteiger partial charge on any atom is 0.289 e. The Morgan fingerprint density at radius 1 is 0.878 bits per heavy atom. The van der Waals surface area contributed by atoms with Gasteiger partial charge >= 0.3 is 0 Å². The predicted molar refractivity (Wildman–Crippen MR) is 195 cm³/mol. The summed E-state index contributed by atoms with van der Waals surface area (Å²) < 4.78 is 29.9. The second kappa shape index (κ2) is 18.4. The van der Waals surface area contributed by atoms with Gasteiger partial charge in [0.25, 0.3) is 5.70 Å². The van der Waals surface area contributed by atoms with Gasteiger partial charge in [-0.1, -0.05) is 67.1 Å². The van der Waals surface area contributed by atoms with Crippen molar-refractivity contribution in [3.8, 4) is 0 Å². The highest BCUT2D eigenvalue weighted by Gasteiger charge is 2.41. The minimum atomic E-state index is -4.13. The Balaban J connectivity index is 1.59. The van der Waals surface area contributed by atoms with Crippen LogP contribution in [0.3, 0.4) is 0 Å². The zero-order valence-electron chi connectivity index (χ0n) is 29.6. The van der Waals surface area contributed by atoms with Gasteiger partial charge in [-0.2, -0.15) is 4.31 Å². The average Bonchev–Trinajstić information content (AvgIpc) is 3.08. The summed E-state index contributed by atoms with van der Waals surface area (Å²) in [6, 6.07) is 19.0. The molecule has 0 aromatic heterocycles. The average molecular weight is 695 g/mol. The van der Waals surface area contributed by atoms with E-state index < -0.39 is 21.0 Å². The summed E-state index contributed by atoms with van der Waals surface area (Å²) in [6.07, 6.45) is 6.24. The number of carbonyl (C=O) groups excluding carboxylic acids is 1. The van der Waals surface area contributed by atoms with E-state index in [2.05, 4.69) is 15.1 Å². The van der Waals surface area contributed by atoms with Gasteiger partial charge in [-0.05, 0) is 104 Å². The monoisotopic (exact) mass is 694 g/mol. The van der Waals surface area contributed by atoms with E-state index in [9.17, 15) is 23.3 Å². The zero-order valence-corrected chi connectivity index (χ0v) is 30.4. The summed E-state index contributed by atoms with van der Waals surface area (Å²) in [7, 11) is 3.84. The van der Waals surface area contributed by atoms with Crippen molar-refractivity contribution in [1.82, 2.24) is 24.3 Å². The molecule has 0 bridgehead atoms. The van der Waals surface area contributed by atoms with Crippen LogP contribution in [0.5, 0.6) is 0 Å². The van der Waals surface area contributed by atoms with Crippen LogP contribution in [-0.2, 0) is 27.7 Å². The smallest absolute Gasteiger partial charge is 0.289 e. The molecule has 1 aliphatic heterocycles. The highest BCUT2D eigenvalue weighted by atomic mass is 32.2. The molecule has 49 heavy (non-hydrogen) atoms. The van der Waals surface area contributed by atoms with E-state index in [0.717, 1.165) is 43.5 Å². The predicted octanol–water partition coefficient (Wildman–Crippen LogP) is 4.51. The lowest BCUT2D eigenvalue weighted by molar-refractivity contribution is -0.421. The highest BCUT2D eigenvalue weighted by Crippen LogP contribution is 2.33. The number of allylic oxidation sites excluding steroid dienone is 3. The second-order valence-electron chi connectivity index (χ2n) is 13.7. The van der Waals surface area contributed by atoms with Crippen molar-refractivity contribution < 1.29 is 18.1 Å². The number of carbonyl (C=O) groups is 1. The van der Waals surface area contributed by atoms with Gasteiger partial charge in [0.15, 0.2) is 0 Å². The first-order valence-corrected chi connectivity index (χ1v) is 18.9. The topological polar surface area (TPSA) is 119 Å². The minimum Gasteiger partial charge on any atom is -0.379 e. The van der Waals surface area contributed by atoms with E-state index in [1.807, 2.05) is 93.8 Å². The molecule has 268 valence electrons. The standard InChI is InChI=1S/C37H54N6O5S/c1-39(2)22-13-24-41(25-14-23-40(3)4)37(44)35-19-11-12-26-42(35)49(47,48)33-20-21-34(36(29-33)43(45)46)38-32(27-30-15-7-5-8-16-30)28-31-17-9-6-10-18-31/h5-10,15-18,29,32,35,38H,11-14,19-28H2,1-4H3. The van der Waals surface area contributed by atoms with Crippen molar-refractivity contribution in [2.24, 2.45) is 0 Å². The quantitative estimate of drug-likeness (QED) is 0.179. The Hall–Kier alpha value is -3.58. The largest absolute Gasteiger partial charge is 0.379 e. The van der Waals surface area contributed by atoms with Gasteiger partial charge in [0.2, 0.25) is 15.9 Å². The van der Waals surface area contributed by atoms with Crippen LogP contribution in [0.4, 0.5) is 0 Å². The molecule has 1 amide bonds. The third-order valence-corrected chi connectivity index (χ3v) is 11.2. The number of nitrogens with one attached hydrogen (secondary N) is 1. The van der Waals surface area contributed by atoms with E-state index in [4.69, 9.17) is 0 Å². The first kappa shape index (κ1) is 38.2. The Morgan fingerprint density at radius 2 is 1.43 bits per heavy atom. The SMILES string of the molecule is CN(C)CCCN(CCCN(C)C)C(=O)C1CCCCN1S(=O)(=O)C1=CC([N+](=O)[O-])=C(NC(Cc2ccccc2)Cc2ccccc2)CC1. The Labute approximate surface area is 292 Å². The fourth-order valence-corrected chi connectivity index (χ4v) is 8.53. The summed E-state index contributed by atoms with van der Waals surface area (Å²) >= 11 is 0. The molecular weight excluding hydrogens is 641 g/mol. The molecule has 1 fully saturated rings. The van der Waals surface area contributed by atoms with E-state index in [1.54, 1.807) is 0 Å². The molecule has 0 saturated carbocycles.